The molecule has 1 aliphatic heterocycles. The van der Waals surface area contributed by atoms with Crippen molar-refractivity contribution in [2.45, 2.75) is 38.3 Å². The van der Waals surface area contributed by atoms with E-state index >= 15 is 0 Å². The molecule has 1 saturated carbocycles. The second kappa shape index (κ2) is 7.27. The average Bonchev–Trinajstić information content (AvgIpc) is 3.19. The predicted molar refractivity (Wildman–Crippen MR) is 95.4 cm³/mol. The van der Waals surface area contributed by atoms with Crippen LogP contribution in [0.1, 0.15) is 36.3 Å². The first-order valence-corrected chi connectivity index (χ1v) is 9.01. The number of urea groups is 1. The zero-order valence-electron chi connectivity index (χ0n) is 14.3. The van der Waals surface area contributed by atoms with Gasteiger partial charge in [0, 0.05) is 31.7 Å². The van der Waals surface area contributed by atoms with Gasteiger partial charge in [-0.05, 0) is 36.3 Å². The van der Waals surface area contributed by atoms with Crippen molar-refractivity contribution >= 4 is 11.8 Å². The van der Waals surface area contributed by atoms with E-state index in [2.05, 4.69) is 40.0 Å². The van der Waals surface area contributed by atoms with Crippen molar-refractivity contribution in [3.63, 3.8) is 0 Å². The largest absolute Gasteiger partial charge is 0.381 e. The Morgan fingerprint density at radius 3 is 2.76 bits per heavy atom. The molecule has 2 N–H and O–H groups in total. The molecule has 0 radical (unpaired) electrons. The lowest BCUT2D eigenvalue weighted by Gasteiger charge is -2.13. The highest BCUT2D eigenvalue weighted by Crippen LogP contribution is 2.39. The highest BCUT2D eigenvalue weighted by atomic mass is 16.5. The van der Waals surface area contributed by atoms with Crippen LogP contribution in [0.3, 0.4) is 0 Å². The van der Waals surface area contributed by atoms with Gasteiger partial charge in [0.25, 0.3) is 0 Å². The first-order valence-electron chi connectivity index (χ1n) is 9.01. The molecule has 2 aliphatic rings. The van der Waals surface area contributed by atoms with Gasteiger partial charge in [0.1, 0.15) is 5.82 Å². The average molecular weight is 340 g/mol. The number of carbonyl (C=O) groups excluding carboxylic acids is 1. The number of ether oxygens (including phenoxy) is 1. The second-order valence-electron chi connectivity index (χ2n) is 6.95. The molecule has 0 bridgehead atoms. The molecule has 25 heavy (non-hydrogen) atoms. The summed E-state index contributed by atoms with van der Waals surface area (Å²) in [4.78, 5) is 12.2. The molecule has 132 valence electrons. The molecule has 1 aromatic heterocycles. The normalized spacial score (nSPS) is 19.8. The fourth-order valence-corrected chi connectivity index (χ4v) is 3.22. The summed E-state index contributed by atoms with van der Waals surface area (Å²) >= 11 is 0. The summed E-state index contributed by atoms with van der Waals surface area (Å²) < 4.78 is 7.24. The maximum atomic E-state index is 12.2. The number of nitrogens with one attached hydrogen (secondary N) is 2. The first-order chi connectivity index (χ1) is 12.3. The highest BCUT2D eigenvalue weighted by Gasteiger charge is 2.23. The molecular weight excluding hydrogens is 316 g/mol. The lowest BCUT2D eigenvalue weighted by Crippen LogP contribution is -2.29. The molecule has 1 unspecified atom stereocenters. The van der Waals surface area contributed by atoms with Crippen molar-refractivity contribution in [3.8, 4) is 0 Å². The van der Waals surface area contributed by atoms with Crippen LogP contribution in [0.25, 0.3) is 0 Å². The summed E-state index contributed by atoms with van der Waals surface area (Å²) in [7, 11) is 0. The standard InChI is InChI=1S/C19H24N4O2/c24-19(20-11-14-1-3-16(4-2-14)17-5-6-17)22-18-7-9-21-23(18)12-15-8-10-25-13-15/h1-4,7,9,15,17H,5-6,8,10-13H2,(H2,20,22,24). The predicted octanol–water partition coefficient (Wildman–Crippen LogP) is 3.12. The molecule has 1 aliphatic carbocycles. The van der Waals surface area contributed by atoms with Gasteiger partial charge in [-0.3, -0.25) is 5.32 Å². The number of amides is 2. The van der Waals surface area contributed by atoms with Gasteiger partial charge in [-0.1, -0.05) is 24.3 Å². The van der Waals surface area contributed by atoms with Crippen LogP contribution >= 0.6 is 0 Å². The van der Waals surface area contributed by atoms with Crippen LogP contribution in [0.5, 0.6) is 0 Å². The van der Waals surface area contributed by atoms with Crippen LogP contribution < -0.4 is 10.6 Å². The van der Waals surface area contributed by atoms with Crippen LogP contribution in [0.15, 0.2) is 36.5 Å². The Kier molecular flexibility index (Phi) is 4.70. The molecule has 2 aromatic rings. The Morgan fingerprint density at radius 2 is 2.04 bits per heavy atom. The van der Waals surface area contributed by atoms with Crippen LogP contribution in [0.4, 0.5) is 10.6 Å². The quantitative estimate of drug-likeness (QED) is 0.849. The van der Waals surface area contributed by atoms with Gasteiger partial charge < -0.3 is 10.1 Å². The van der Waals surface area contributed by atoms with E-state index in [1.807, 2.05) is 10.7 Å². The summed E-state index contributed by atoms with van der Waals surface area (Å²) in [5.41, 5.74) is 2.52. The van der Waals surface area contributed by atoms with E-state index in [1.54, 1.807) is 6.20 Å². The summed E-state index contributed by atoms with van der Waals surface area (Å²) in [5.74, 6) is 1.94. The van der Waals surface area contributed by atoms with Crippen LogP contribution in [0.2, 0.25) is 0 Å². The molecule has 6 nitrogen and oxygen atoms in total. The number of nitrogens with zero attached hydrogens (tertiary/aromatic N) is 2. The number of benzene rings is 1. The molecule has 4 rings (SSSR count). The number of anilines is 1. The first kappa shape index (κ1) is 16.1. The summed E-state index contributed by atoms with van der Waals surface area (Å²) in [6.45, 7) is 2.86. The summed E-state index contributed by atoms with van der Waals surface area (Å²) in [5, 5.41) is 10.1. The van der Waals surface area contributed by atoms with Gasteiger partial charge in [-0.25, -0.2) is 9.48 Å². The van der Waals surface area contributed by atoms with E-state index < -0.39 is 0 Å². The van der Waals surface area contributed by atoms with E-state index in [4.69, 9.17) is 4.74 Å². The van der Waals surface area contributed by atoms with Gasteiger partial charge >= 0.3 is 6.03 Å². The van der Waals surface area contributed by atoms with Crippen LogP contribution in [-0.2, 0) is 17.8 Å². The van der Waals surface area contributed by atoms with E-state index in [-0.39, 0.29) is 6.03 Å². The van der Waals surface area contributed by atoms with Crippen molar-refractivity contribution in [1.29, 1.82) is 0 Å². The van der Waals surface area contributed by atoms with Crippen molar-refractivity contribution in [1.82, 2.24) is 15.1 Å². The molecule has 2 heterocycles. The monoisotopic (exact) mass is 340 g/mol. The molecule has 0 spiro atoms. The molecule has 6 heteroatoms. The van der Waals surface area contributed by atoms with Crippen molar-refractivity contribution in [2.24, 2.45) is 5.92 Å². The molecular formula is C19H24N4O2. The Balaban J connectivity index is 1.27. The second-order valence-corrected chi connectivity index (χ2v) is 6.95. The third kappa shape index (κ3) is 4.20. The molecule has 2 fully saturated rings. The zero-order chi connectivity index (χ0) is 17.1. The number of hydrogen-bond acceptors (Lipinski definition) is 3. The Bertz CT molecular complexity index is 715. The fraction of sp³-hybridized carbons (Fsp3) is 0.474. The smallest absolute Gasteiger partial charge is 0.320 e. The van der Waals surface area contributed by atoms with Crippen molar-refractivity contribution in [2.75, 3.05) is 18.5 Å². The molecule has 1 aromatic carbocycles. The fourth-order valence-electron chi connectivity index (χ4n) is 3.22. The van der Waals surface area contributed by atoms with E-state index in [9.17, 15) is 4.79 Å². The van der Waals surface area contributed by atoms with Crippen LogP contribution in [-0.4, -0.2) is 29.0 Å². The minimum absolute atomic E-state index is 0.212. The SMILES string of the molecule is O=C(NCc1ccc(C2CC2)cc1)Nc1ccnn1CC1CCOC1. The topological polar surface area (TPSA) is 68.2 Å². The maximum Gasteiger partial charge on any atom is 0.320 e. The highest BCUT2D eigenvalue weighted by molar-refractivity contribution is 5.88. The summed E-state index contributed by atoms with van der Waals surface area (Å²) in [6, 6.07) is 10.1. The van der Waals surface area contributed by atoms with Gasteiger partial charge in [0.05, 0.1) is 12.8 Å². The Hall–Kier alpha value is -2.34. The zero-order valence-corrected chi connectivity index (χ0v) is 14.3. The maximum absolute atomic E-state index is 12.2. The van der Waals surface area contributed by atoms with Gasteiger partial charge in [-0.2, -0.15) is 5.10 Å². The van der Waals surface area contributed by atoms with Gasteiger partial charge in [0.15, 0.2) is 0 Å². The van der Waals surface area contributed by atoms with Gasteiger partial charge in [0.2, 0.25) is 0 Å². The number of aromatic nitrogens is 2. The summed E-state index contributed by atoms with van der Waals surface area (Å²) in [6.07, 6.45) is 5.37. The third-order valence-corrected chi connectivity index (χ3v) is 4.89. The minimum Gasteiger partial charge on any atom is -0.381 e. The number of carbonyl (C=O) groups is 1. The minimum atomic E-state index is -0.212. The van der Waals surface area contributed by atoms with Crippen LogP contribution in [0, 0.1) is 5.92 Å². The molecule has 1 saturated heterocycles. The number of rotatable bonds is 6. The van der Waals surface area contributed by atoms with E-state index in [0.717, 1.165) is 37.7 Å². The Labute approximate surface area is 147 Å². The van der Waals surface area contributed by atoms with E-state index in [1.165, 1.54) is 18.4 Å². The van der Waals surface area contributed by atoms with Crippen molar-refractivity contribution in [3.05, 3.63) is 47.7 Å². The lowest BCUT2D eigenvalue weighted by molar-refractivity contribution is 0.181. The third-order valence-electron chi connectivity index (χ3n) is 4.89. The molecule has 2 amide bonds. The lowest BCUT2D eigenvalue weighted by atomic mass is 10.1. The number of hydrogen-bond donors (Lipinski definition) is 2. The Morgan fingerprint density at radius 1 is 1.20 bits per heavy atom. The molecule has 1 atom stereocenters. The van der Waals surface area contributed by atoms with E-state index in [0.29, 0.717) is 18.3 Å². The van der Waals surface area contributed by atoms with Crippen molar-refractivity contribution < 1.29 is 9.53 Å². The van der Waals surface area contributed by atoms with Gasteiger partial charge in [-0.15, -0.1) is 0 Å².